The van der Waals surface area contributed by atoms with Crippen LogP contribution in [0.15, 0.2) is 53.4 Å². The van der Waals surface area contributed by atoms with Crippen molar-refractivity contribution in [1.82, 2.24) is 5.32 Å². The van der Waals surface area contributed by atoms with Crippen LogP contribution in [0, 0.1) is 5.92 Å². The summed E-state index contributed by atoms with van der Waals surface area (Å²) in [6.45, 7) is 5.83. The van der Waals surface area contributed by atoms with Gasteiger partial charge in [0.25, 0.3) is 15.9 Å². The van der Waals surface area contributed by atoms with E-state index >= 15 is 0 Å². The molecule has 9 heteroatoms. The SMILES string of the molecule is COc1ccc(N(C)S(=O)(=O)c2cccc(C(=O)OC(C)C(=O)NCC(C)C)c2)cc1. The lowest BCUT2D eigenvalue weighted by molar-refractivity contribution is -0.129. The van der Waals surface area contributed by atoms with Crippen molar-refractivity contribution in [1.29, 1.82) is 0 Å². The number of benzene rings is 2. The number of carbonyl (C=O) groups excluding carboxylic acids is 2. The summed E-state index contributed by atoms with van der Waals surface area (Å²) in [6, 6.07) is 12.1. The summed E-state index contributed by atoms with van der Waals surface area (Å²) >= 11 is 0. The monoisotopic (exact) mass is 448 g/mol. The zero-order valence-corrected chi connectivity index (χ0v) is 19.1. The largest absolute Gasteiger partial charge is 0.497 e. The van der Waals surface area contributed by atoms with Crippen molar-refractivity contribution >= 4 is 27.6 Å². The van der Waals surface area contributed by atoms with E-state index in [1.807, 2.05) is 13.8 Å². The average Bonchev–Trinajstić information content (AvgIpc) is 2.76. The van der Waals surface area contributed by atoms with E-state index in [-0.39, 0.29) is 16.4 Å². The molecular weight excluding hydrogens is 420 g/mol. The highest BCUT2D eigenvalue weighted by Crippen LogP contribution is 2.25. The molecule has 1 unspecified atom stereocenters. The normalized spacial score (nSPS) is 12.2. The van der Waals surface area contributed by atoms with Crippen molar-refractivity contribution in [3.63, 3.8) is 0 Å². The van der Waals surface area contributed by atoms with Gasteiger partial charge in [-0.25, -0.2) is 13.2 Å². The molecule has 2 aromatic carbocycles. The molecule has 168 valence electrons. The number of amides is 1. The highest BCUT2D eigenvalue weighted by molar-refractivity contribution is 7.92. The first-order valence-corrected chi connectivity index (χ1v) is 11.2. The number of ether oxygens (including phenoxy) is 2. The topological polar surface area (TPSA) is 102 Å². The molecule has 0 bridgehead atoms. The Bertz CT molecular complexity index is 1020. The van der Waals surface area contributed by atoms with Gasteiger partial charge in [-0.15, -0.1) is 0 Å². The first kappa shape index (κ1) is 24.2. The molecule has 0 fully saturated rings. The summed E-state index contributed by atoms with van der Waals surface area (Å²) in [6.07, 6.45) is -1.01. The Kier molecular flexibility index (Phi) is 8.04. The molecule has 2 rings (SSSR count). The number of nitrogens with one attached hydrogen (secondary N) is 1. The van der Waals surface area contributed by atoms with Crippen LogP contribution in [0.25, 0.3) is 0 Å². The Morgan fingerprint density at radius 2 is 1.71 bits per heavy atom. The van der Waals surface area contributed by atoms with Crippen LogP contribution in [-0.4, -0.2) is 47.1 Å². The van der Waals surface area contributed by atoms with Gasteiger partial charge < -0.3 is 14.8 Å². The highest BCUT2D eigenvalue weighted by Gasteiger charge is 2.24. The standard InChI is InChI=1S/C22H28N2O6S/c1-15(2)14-23-21(25)16(3)30-22(26)17-7-6-8-20(13-17)31(27,28)24(4)18-9-11-19(29-5)12-10-18/h6-13,15-16H,14H2,1-5H3,(H,23,25). The number of anilines is 1. The van der Waals surface area contributed by atoms with Gasteiger partial charge in [0.15, 0.2) is 6.10 Å². The summed E-state index contributed by atoms with van der Waals surface area (Å²) in [7, 11) is -0.983. The van der Waals surface area contributed by atoms with Gasteiger partial charge in [0.05, 0.1) is 23.3 Å². The Labute approximate surface area is 183 Å². The van der Waals surface area contributed by atoms with Crippen LogP contribution >= 0.6 is 0 Å². The minimum Gasteiger partial charge on any atom is -0.497 e. The van der Waals surface area contributed by atoms with Crippen LogP contribution in [0.5, 0.6) is 5.75 Å². The molecule has 0 radical (unpaired) electrons. The van der Waals surface area contributed by atoms with Gasteiger partial charge in [0, 0.05) is 13.6 Å². The molecule has 8 nitrogen and oxygen atoms in total. The van der Waals surface area contributed by atoms with Crippen molar-refractivity contribution in [3.8, 4) is 5.75 Å². The van der Waals surface area contributed by atoms with E-state index in [4.69, 9.17) is 9.47 Å². The average molecular weight is 449 g/mol. The Morgan fingerprint density at radius 3 is 2.29 bits per heavy atom. The van der Waals surface area contributed by atoms with Gasteiger partial charge in [-0.05, 0) is 55.3 Å². The van der Waals surface area contributed by atoms with Crippen LogP contribution in [0.4, 0.5) is 5.69 Å². The fourth-order valence-electron chi connectivity index (χ4n) is 2.60. The van der Waals surface area contributed by atoms with Gasteiger partial charge >= 0.3 is 5.97 Å². The Morgan fingerprint density at radius 1 is 1.06 bits per heavy atom. The Balaban J connectivity index is 2.17. The number of carbonyl (C=O) groups is 2. The van der Waals surface area contributed by atoms with Crippen molar-refractivity contribution in [2.45, 2.75) is 31.8 Å². The third-order valence-electron chi connectivity index (χ3n) is 4.50. The second-order valence-corrected chi connectivity index (χ2v) is 9.35. The number of hydrogen-bond acceptors (Lipinski definition) is 6. The second kappa shape index (κ2) is 10.3. The van der Waals surface area contributed by atoms with E-state index in [9.17, 15) is 18.0 Å². The lowest BCUT2D eigenvalue weighted by Crippen LogP contribution is -2.37. The molecule has 0 spiro atoms. The minimum atomic E-state index is -3.93. The van der Waals surface area contributed by atoms with Crippen molar-refractivity contribution < 1.29 is 27.5 Å². The number of esters is 1. The van der Waals surface area contributed by atoms with Crippen molar-refractivity contribution in [3.05, 3.63) is 54.1 Å². The van der Waals surface area contributed by atoms with Crippen LogP contribution in [-0.2, 0) is 19.6 Å². The van der Waals surface area contributed by atoms with Crippen LogP contribution in [0.3, 0.4) is 0 Å². The smallest absolute Gasteiger partial charge is 0.338 e. The second-order valence-electron chi connectivity index (χ2n) is 7.38. The minimum absolute atomic E-state index is 0.0349. The molecule has 0 saturated heterocycles. The third kappa shape index (κ3) is 6.21. The van der Waals surface area contributed by atoms with Crippen LogP contribution in [0.1, 0.15) is 31.1 Å². The molecule has 2 aromatic rings. The summed E-state index contributed by atoms with van der Waals surface area (Å²) in [5, 5.41) is 2.69. The number of methoxy groups -OCH3 is 1. The van der Waals surface area contributed by atoms with Crippen molar-refractivity contribution in [2.24, 2.45) is 5.92 Å². The summed E-state index contributed by atoms with van der Waals surface area (Å²) < 4.78 is 37.4. The van der Waals surface area contributed by atoms with E-state index in [1.165, 1.54) is 45.3 Å². The molecule has 0 aliphatic carbocycles. The van der Waals surface area contributed by atoms with E-state index in [1.54, 1.807) is 24.3 Å². The lowest BCUT2D eigenvalue weighted by atomic mass is 10.2. The Hall–Kier alpha value is -3.07. The van der Waals surface area contributed by atoms with Crippen LogP contribution < -0.4 is 14.4 Å². The fourth-order valence-corrected chi connectivity index (χ4v) is 3.85. The molecule has 1 amide bonds. The molecule has 0 aliphatic rings. The van der Waals surface area contributed by atoms with Gasteiger partial charge in [-0.1, -0.05) is 19.9 Å². The molecule has 0 aromatic heterocycles. The predicted octanol–water partition coefficient (Wildman–Crippen LogP) is 2.84. The fraction of sp³-hybridized carbons (Fsp3) is 0.364. The zero-order chi connectivity index (χ0) is 23.2. The molecule has 1 atom stereocenters. The third-order valence-corrected chi connectivity index (χ3v) is 6.28. The van der Waals surface area contributed by atoms with E-state index in [0.717, 1.165) is 4.31 Å². The van der Waals surface area contributed by atoms with E-state index in [2.05, 4.69) is 5.32 Å². The maximum atomic E-state index is 13.0. The number of rotatable bonds is 9. The summed E-state index contributed by atoms with van der Waals surface area (Å²) in [4.78, 5) is 24.4. The molecule has 0 aliphatic heterocycles. The number of nitrogens with zero attached hydrogens (tertiary/aromatic N) is 1. The van der Waals surface area contributed by atoms with Crippen LogP contribution in [0.2, 0.25) is 0 Å². The quantitative estimate of drug-likeness (QED) is 0.592. The van der Waals surface area contributed by atoms with E-state index in [0.29, 0.717) is 18.0 Å². The van der Waals surface area contributed by atoms with E-state index < -0.39 is 28.0 Å². The summed E-state index contributed by atoms with van der Waals surface area (Å²) in [5.74, 6) is -0.330. The lowest BCUT2D eigenvalue weighted by Gasteiger charge is -2.20. The van der Waals surface area contributed by atoms with Gasteiger partial charge in [-0.3, -0.25) is 9.10 Å². The molecule has 31 heavy (non-hydrogen) atoms. The van der Waals surface area contributed by atoms with Gasteiger partial charge in [-0.2, -0.15) is 0 Å². The molecular formula is C22H28N2O6S. The molecule has 0 heterocycles. The number of hydrogen-bond donors (Lipinski definition) is 1. The number of sulfonamides is 1. The molecule has 1 N–H and O–H groups in total. The zero-order valence-electron chi connectivity index (χ0n) is 18.3. The molecule has 0 saturated carbocycles. The maximum Gasteiger partial charge on any atom is 0.338 e. The van der Waals surface area contributed by atoms with Crippen molar-refractivity contribution in [2.75, 3.05) is 25.0 Å². The summed E-state index contributed by atoms with van der Waals surface area (Å²) in [5.41, 5.74) is 0.469. The van der Waals surface area contributed by atoms with Gasteiger partial charge in [0.1, 0.15) is 5.75 Å². The maximum absolute atomic E-state index is 13.0. The first-order chi connectivity index (χ1) is 14.6. The van der Waals surface area contributed by atoms with Gasteiger partial charge in [0.2, 0.25) is 0 Å². The predicted molar refractivity (Wildman–Crippen MR) is 118 cm³/mol. The first-order valence-electron chi connectivity index (χ1n) is 9.78. The highest BCUT2D eigenvalue weighted by atomic mass is 32.2.